The highest BCUT2D eigenvalue weighted by Gasteiger charge is 2.06. The van der Waals surface area contributed by atoms with E-state index in [0.717, 1.165) is 21.9 Å². The number of hydrogen-bond donors (Lipinski definition) is 0. The van der Waals surface area contributed by atoms with Crippen LogP contribution >= 0.6 is 0 Å². The molecule has 0 saturated carbocycles. The molecular formula is C33H22O. The molecule has 1 heteroatoms. The van der Waals surface area contributed by atoms with Crippen molar-refractivity contribution in [3.63, 3.8) is 0 Å². The first-order chi connectivity index (χ1) is 16.8. The van der Waals surface area contributed by atoms with E-state index in [9.17, 15) is 4.79 Å². The van der Waals surface area contributed by atoms with Crippen LogP contribution in [-0.4, -0.2) is 5.78 Å². The third-order valence-electron chi connectivity index (χ3n) is 6.45. The number of fused-ring (bicyclic) bond motifs is 6. The molecule has 0 heterocycles. The van der Waals surface area contributed by atoms with E-state index >= 15 is 0 Å². The van der Waals surface area contributed by atoms with Crippen LogP contribution < -0.4 is 0 Å². The van der Waals surface area contributed by atoms with Gasteiger partial charge in [0.15, 0.2) is 5.78 Å². The smallest absolute Gasteiger partial charge is 0.178 e. The van der Waals surface area contributed by atoms with Crippen LogP contribution in [-0.2, 0) is 4.79 Å². The molecule has 0 atom stereocenters. The van der Waals surface area contributed by atoms with Crippen molar-refractivity contribution in [3.8, 4) is 0 Å². The van der Waals surface area contributed by atoms with Gasteiger partial charge in [0, 0.05) is 0 Å². The van der Waals surface area contributed by atoms with Crippen molar-refractivity contribution in [2.45, 2.75) is 0 Å². The van der Waals surface area contributed by atoms with Crippen LogP contribution in [0.25, 0.3) is 55.2 Å². The van der Waals surface area contributed by atoms with Crippen LogP contribution in [0.2, 0.25) is 0 Å². The molecule has 0 spiro atoms. The molecule has 0 amide bonds. The maximum Gasteiger partial charge on any atom is 0.178 e. The van der Waals surface area contributed by atoms with Gasteiger partial charge < -0.3 is 0 Å². The lowest BCUT2D eigenvalue weighted by Crippen LogP contribution is -1.88. The van der Waals surface area contributed by atoms with E-state index in [-0.39, 0.29) is 5.78 Å². The summed E-state index contributed by atoms with van der Waals surface area (Å²) in [6, 6.07) is 37.8. The highest BCUT2D eigenvalue weighted by molar-refractivity contribution is 6.14. The van der Waals surface area contributed by atoms with Gasteiger partial charge in [-0.25, -0.2) is 0 Å². The molecule has 1 nitrogen and oxygen atoms in total. The third kappa shape index (κ3) is 3.58. The van der Waals surface area contributed by atoms with Crippen molar-refractivity contribution in [1.82, 2.24) is 0 Å². The molecule has 0 unspecified atom stereocenters. The summed E-state index contributed by atoms with van der Waals surface area (Å²) < 4.78 is 0. The van der Waals surface area contributed by atoms with Gasteiger partial charge in [-0.05, 0) is 78.5 Å². The molecule has 0 aromatic heterocycles. The fourth-order valence-electron chi connectivity index (χ4n) is 4.84. The number of carbonyl (C=O) groups excluding carboxylic acids is 1. The van der Waals surface area contributed by atoms with E-state index in [4.69, 9.17) is 0 Å². The summed E-state index contributed by atoms with van der Waals surface area (Å²) in [5.74, 6) is -0.0329. The first kappa shape index (κ1) is 20.1. The van der Waals surface area contributed by atoms with Gasteiger partial charge in [-0.3, -0.25) is 4.79 Å². The minimum Gasteiger partial charge on any atom is -0.290 e. The summed E-state index contributed by atoms with van der Waals surface area (Å²) in [5, 5.41) is 9.49. The molecule has 6 rings (SSSR count). The van der Waals surface area contributed by atoms with Crippen LogP contribution in [0.4, 0.5) is 0 Å². The Morgan fingerprint density at radius 2 is 0.794 bits per heavy atom. The Morgan fingerprint density at radius 3 is 1.24 bits per heavy atom. The fraction of sp³-hybridized carbons (Fsp3) is 0. The van der Waals surface area contributed by atoms with Crippen molar-refractivity contribution in [2.24, 2.45) is 0 Å². The van der Waals surface area contributed by atoms with Gasteiger partial charge in [0.1, 0.15) is 0 Å². The summed E-state index contributed by atoms with van der Waals surface area (Å²) in [5.41, 5.74) is 2.10. The Balaban J connectivity index is 1.37. The van der Waals surface area contributed by atoms with E-state index in [0.29, 0.717) is 0 Å². The lowest BCUT2D eigenvalue weighted by molar-refractivity contribution is -0.110. The second-order valence-electron chi connectivity index (χ2n) is 8.53. The highest BCUT2D eigenvalue weighted by Crippen LogP contribution is 2.30. The quantitative estimate of drug-likeness (QED) is 0.200. The molecule has 0 bridgehead atoms. The van der Waals surface area contributed by atoms with E-state index in [1.54, 1.807) is 12.2 Å². The lowest BCUT2D eigenvalue weighted by atomic mass is 9.96. The van der Waals surface area contributed by atoms with Crippen LogP contribution in [0.15, 0.2) is 121 Å². The molecule has 0 radical (unpaired) electrons. The average Bonchev–Trinajstić information content (AvgIpc) is 2.90. The van der Waals surface area contributed by atoms with Crippen molar-refractivity contribution in [1.29, 1.82) is 0 Å². The molecule has 160 valence electrons. The summed E-state index contributed by atoms with van der Waals surface area (Å²) in [4.78, 5) is 12.8. The molecule has 0 N–H and O–H groups in total. The average molecular weight is 435 g/mol. The summed E-state index contributed by atoms with van der Waals surface area (Å²) in [6.07, 6.45) is 7.19. The van der Waals surface area contributed by atoms with Gasteiger partial charge in [-0.2, -0.15) is 0 Å². The predicted molar refractivity (Wildman–Crippen MR) is 146 cm³/mol. The van der Waals surface area contributed by atoms with E-state index in [1.807, 2.05) is 36.4 Å². The van der Waals surface area contributed by atoms with Crippen LogP contribution in [0, 0.1) is 0 Å². The number of carbonyl (C=O) groups is 1. The minimum atomic E-state index is -0.0329. The number of hydrogen-bond acceptors (Lipinski definition) is 1. The van der Waals surface area contributed by atoms with Gasteiger partial charge in [0.2, 0.25) is 0 Å². The highest BCUT2D eigenvalue weighted by atomic mass is 16.1. The second kappa shape index (κ2) is 8.46. The van der Waals surface area contributed by atoms with Gasteiger partial charge in [0.05, 0.1) is 0 Å². The topological polar surface area (TPSA) is 17.1 Å². The number of allylic oxidation sites excluding steroid dienone is 2. The second-order valence-corrected chi connectivity index (χ2v) is 8.53. The van der Waals surface area contributed by atoms with E-state index < -0.39 is 0 Å². The first-order valence-corrected chi connectivity index (χ1v) is 11.5. The standard InChI is InChI=1S/C33H22O/c34-27(19-17-25-21-23-9-1-3-11-28(23)32-15-7-5-13-30(25)32)20-18-26-22-24-10-2-4-12-29(24)33-16-8-6-14-31(26)33/h1-22H/b19-17+,20-18+. The summed E-state index contributed by atoms with van der Waals surface area (Å²) >= 11 is 0. The Bertz CT molecular complexity index is 1640. The number of benzene rings is 6. The zero-order valence-corrected chi connectivity index (χ0v) is 18.6. The Hall–Kier alpha value is -4.49. The molecule has 0 saturated heterocycles. The first-order valence-electron chi connectivity index (χ1n) is 11.5. The van der Waals surface area contributed by atoms with Gasteiger partial charge in [-0.1, -0.05) is 109 Å². The summed E-state index contributed by atoms with van der Waals surface area (Å²) in [6.45, 7) is 0. The molecule has 6 aromatic rings. The van der Waals surface area contributed by atoms with Crippen LogP contribution in [0.5, 0.6) is 0 Å². The van der Waals surface area contributed by atoms with Gasteiger partial charge in [0.25, 0.3) is 0 Å². The fourth-order valence-corrected chi connectivity index (χ4v) is 4.84. The zero-order chi connectivity index (χ0) is 22.9. The molecule has 34 heavy (non-hydrogen) atoms. The van der Waals surface area contributed by atoms with Crippen molar-refractivity contribution in [2.75, 3.05) is 0 Å². The minimum absolute atomic E-state index is 0.0329. The molecule has 0 aliphatic heterocycles. The van der Waals surface area contributed by atoms with E-state index in [2.05, 4.69) is 84.9 Å². The van der Waals surface area contributed by atoms with Gasteiger partial charge >= 0.3 is 0 Å². The predicted octanol–water partition coefficient (Wildman–Crippen LogP) is 8.60. The van der Waals surface area contributed by atoms with Crippen molar-refractivity contribution in [3.05, 3.63) is 132 Å². The molecular weight excluding hydrogens is 412 g/mol. The van der Waals surface area contributed by atoms with Gasteiger partial charge in [-0.15, -0.1) is 0 Å². The SMILES string of the molecule is O=C(/C=C/c1cc2ccccc2c2ccccc12)/C=C/c1cc2ccccc2c2ccccc12. The molecule has 0 fully saturated rings. The molecule has 0 aliphatic rings. The van der Waals surface area contributed by atoms with Crippen molar-refractivity contribution < 1.29 is 4.79 Å². The largest absolute Gasteiger partial charge is 0.290 e. The Morgan fingerprint density at radius 1 is 0.441 bits per heavy atom. The lowest BCUT2D eigenvalue weighted by Gasteiger charge is -2.08. The normalized spacial score (nSPS) is 12.0. The number of ketones is 1. The van der Waals surface area contributed by atoms with Crippen molar-refractivity contribution >= 4 is 61.0 Å². The molecule has 0 aliphatic carbocycles. The maximum absolute atomic E-state index is 12.8. The van der Waals surface area contributed by atoms with E-state index in [1.165, 1.54) is 32.3 Å². The molecule has 6 aromatic carbocycles. The summed E-state index contributed by atoms with van der Waals surface area (Å²) in [7, 11) is 0. The Kier molecular flexibility index (Phi) is 5.01. The van der Waals surface area contributed by atoms with Crippen LogP contribution in [0.3, 0.4) is 0 Å². The zero-order valence-electron chi connectivity index (χ0n) is 18.6. The maximum atomic E-state index is 12.8. The Labute approximate surface area is 198 Å². The third-order valence-corrected chi connectivity index (χ3v) is 6.45. The number of rotatable bonds is 4. The van der Waals surface area contributed by atoms with Crippen LogP contribution in [0.1, 0.15) is 11.1 Å². The monoisotopic (exact) mass is 434 g/mol.